The summed E-state index contributed by atoms with van der Waals surface area (Å²) in [6.07, 6.45) is -3.51. The van der Waals surface area contributed by atoms with Gasteiger partial charge in [0.05, 0.1) is 5.69 Å². The van der Waals surface area contributed by atoms with Gasteiger partial charge in [-0.25, -0.2) is 4.98 Å². The Morgan fingerprint density at radius 2 is 2.06 bits per heavy atom. The lowest BCUT2D eigenvalue weighted by atomic mass is 10.3. The number of halogens is 4. The summed E-state index contributed by atoms with van der Waals surface area (Å²) in [6, 6.07) is 3.19. The van der Waals surface area contributed by atoms with Crippen LogP contribution in [-0.4, -0.2) is 9.38 Å². The van der Waals surface area contributed by atoms with Crippen LogP contribution in [0.5, 0.6) is 0 Å². The smallest absolute Gasteiger partial charge is 0.396 e. The Morgan fingerprint density at radius 1 is 1.38 bits per heavy atom. The van der Waals surface area contributed by atoms with E-state index in [-0.39, 0.29) is 11.3 Å². The number of hydrogen-bond donors (Lipinski definition) is 1. The molecule has 2 aromatic rings. The molecule has 2 aromatic heterocycles. The zero-order valence-electron chi connectivity index (χ0n) is 7.92. The predicted molar refractivity (Wildman–Crippen MR) is 57.2 cm³/mol. The molecule has 0 aliphatic carbocycles. The van der Waals surface area contributed by atoms with Gasteiger partial charge in [0.15, 0.2) is 11.3 Å². The van der Waals surface area contributed by atoms with E-state index >= 15 is 0 Å². The van der Waals surface area contributed by atoms with Gasteiger partial charge in [-0.2, -0.15) is 13.2 Å². The summed E-state index contributed by atoms with van der Waals surface area (Å²) >= 11 is 3.19. The van der Waals surface area contributed by atoms with Crippen LogP contribution < -0.4 is 5.73 Å². The van der Waals surface area contributed by atoms with Crippen LogP contribution in [0.15, 0.2) is 18.3 Å². The number of imidazole rings is 1. The predicted octanol–water partition coefficient (Wildman–Crippen LogP) is 2.83. The number of nitrogen functional groups attached to an aromatic ring is 1. The van der Waals surface area contributed by atoms with Gasteiger partial charge in [-0.05, 0) is 12.1 Å². The van der Waals surface area contributed by atoms with Crippen molar-refractivity contribution in [1.82, 2.24) is 9.38 Å². The summed E-state index contributed by atoms with van der Waals surface area (Å²) in [5, 5.41) is 0.428. The van der Waals surface area contributed by atoms with E-state index < -0.39 is 11.9 Å². The fourth-order valence-electron chi connectivity index (χ4n) is 1.39. The molecule has 0 unspecified atom stereocenters. The molecule has 3 nitrogen and oxygen atoms in total. The number of hydrogen-bond acceptors (Lipinski definition) is 2. The van der Waals surface area contributed by atoms with E-state index in [0.717, 1.165) is 6.20 Å². The highest BCUT2D eigenvalue weighted by molar-refractivity contribution is 9.08. The van der Waals surface area contributed by atoms with Crippen molar-refractivity contribution in [3.05, 3.63) is 29.7 Å². The normalized spacial score (nSPS) is 12.2. The number of anilines is 1. The maximum absolute atomic E-state index is 12.5. The first kappa shape index (κ1) is 11.3. The quantitative estimate of drug-likeness (QED) is 0.822. The topological polar surface area (TPSA) is 43.3 Å². The molecule has 0 aromatic carbocycles. The van der Waals surface area contributed by atoms with Crippen LogP contribution in [0, 0.1) is 0 Å². The second kappa shape index (κ2) is 3.65. The Hall–Kier alpha value is -1.24. The third-order valence-corrected chi connectivity index (χ3v) is 2.73. The van der Waals surface area contributed by atoms with Crippen LogP contribution in [0.3, 0.4) is 0 Å². The average molecular weight is 294 g/mol. The lowest BCUT2D eigenvalue weighted by Crippen LogP contribution is -2.04. The molecule has 16 heavy (non-hydrogen) atoms. The fourth-order valence-corrected chi connectivity index (χ4v) is 1.85. The van der Waals surface area contributed by atoms with E-state index in [1.54, 1.807) is 12.1 Å². The molecule has 7 heteroatoms. The zero-order valence-corrected chi connectivity index (χ0v) is 9.51. The van der Waals surface area contributed by atoms with Gasteiger partial charge in [0.25, 0.3) is 0 Å². The van der Waals surface area contributed by atoms with Crippen molar-refractivity contribution < 1.29 is 13.2 Å². The lowest BCUT2D eigenvalue weighted by molar-refractivity contribution is -0.140. The van der Waals surface area contributed by atoms with E-state index in [1.165, 1.54) is 4.40 Å². The second-order valence-corrected chi connectivity index (χ2v) is 3.79. The van der Waals surface area contributed by atoms with Crippen LogP contribution in [0.4, 0.5) is 18.9 Å². The highest BCUT2D eigenvalue weighted by Crippen LogP contribution is 2.30. The third kappa shape index (κ3) is 1.75. The third-order valence-electron chi connectivity index (χ3n) is 2.16. The number of nitrogens with two attached hydrogens (primary N) is 1. The Balaban J connectivity index is 2.73. The molecule has 0 atom stereocenters. The molecule has 0 aliphatic rings. The SMILES string of the molecule is Nc1ccc(CBr)n2cc(C(F)(F)F)nc12. The highest BCUT2D eigenvalue weighted by Gasteiger charge is 2.34. The first-order valence-corrected chi connectivity index (χ1v) is 5.45. The molecule has 0 amide bonds. The van der Waals surface area contributed by atoms with Gasteiger partial charge in [0.1, 0.15) is 0 Å². The van der Waals surface area contributed by atoms with Crippen LogP contribution in [0.2, 0.25) is 0 Å². The summed E-state index contributed by atoms with van der Waals surface area (Å²) in [4.78, 5) is 3.48. The molecule has 0 spiro atoms. The van der Waals surface area contributed by atoms with Gasteiger partial charge in [0, 0.05) is 17.2 Å². The molecule has 2 heterocycles. The molecule has 2 N–H and O–H groups in total. The van der Waals surface area contributed by atoms with Crippen LogP contribution >= 0.6 is 15.9 Å². The number of pyridine rings is 1. The first-order valence-electron chi connectivity index (χ1n) is 4.33. The number of aromatic nitrogens is 2. The van der Waals surface area contributed by atoms with Crippen LogP contribution in [0.25, 0.3) is 5.65 Å². The number of alkyl halides is 4. The van der Waals surface area contributed by atoms with E-state index in [9.17, 15) is 13.2 Å². The Labute approximate surface area is 97.2 Å². The van der Waals surface area contributed by atoms with Gasteiger partial charge in [-0.3, -0.25) is 0 Å². The van der Waals surface area contributed by atoms with E-state index in [2.05, 4.69) is 20.9 Å². The van der Waals surface area contributed by atoms with Crippen LogP contribution in [-0.2, 0) is 11.5 Å². The van der Waals surface area contributed by atoms with E-state index in [0.29, 0.717) is 11.0 Å². The molecular formula is C9H7BrF3N3. The van der Waals surface area contributed by atoms with Gasteiger partial charge < -0.3 is 10.1 Å². The maximum atomic E-state index is 12.5. The van der Waals surface area contributed by atoms with Gasteiger partial charge in [-0.15, -0.1) is 0 Å². The van der Waals surface area contributed by atoms with Gasteiger partial charge in [0.2, 0.25) is 0 Å². The molecule has 2 rings (SSSR count). The van der Waals surface area contributed by atoms with Crippen molar-refractivity contribution in [2.45, 2.75) is 11.5 Å². The minimum Gasteiger partial charge on any atom is -0.396 e. The largest absolute Gasteiger partial charge is 0.434 e. The Bertz CT molecular complexity index is 533. The number of rotatable bonds is 1. The van der Waals surface area contributed by atoms with Crippen molar-refractivity contribution in [1.29, 1.82) is 0 Å². The fraction of sp³-hybridized carbons (Fsp3) is 0.222. The van der Waals surface area contributed by atoms with E-state index in [1.807, 2.05) is 0 Å². The van der Waals surface area contributed by atoms with Crippen molar-refractivity contribution in [3.63, 3.8) is 0 Å². The number of nitrogens with zero attached hydrogens (tertiary/aromatic N) is 2. The molecule has 0 saturated heterocycles. The summed E-state index contributed by atoms with van der Waals surface area (Å²) in [6.45, 7) is 0. The molecule has 0 saturated carbocycles. The lowest BCUT2D eigenvalue weighted by Gasteiger charge is -2.02. The summed E-state index contributed by atoms with van der Waals surface area (Å²) < 4.78 is 38.7. The summed E-state index contributed by atoms with van der Waals surface area (Å²) in [5.41, 5.74) is 5.64. The van der Waals surface area contributed by atoms with Crippen molar-refractivity contribution in [2.24, 2.45) is 0 Å². The molecule has 0 fully saturated rings. The molecule has 86 valence electrons. The molecule has 0 aliphatic heterocycles. The minimum atomic E-state index is -4.46. The van der Waals surface area contributed by atoms with Crippen LogP contribution in [0.1, 0.15) is 11.4 Å². The van der Waals surface area contributed by atoms with E-state index in [4.69, 9.17) is 5.73 Å². The molecular weight excluding hydrogens is 287 g/mol. The van der Waals surface area contributed by atoms with Gasteiger partial charge in [-0.1, -0.05) is 15.9 Å². The summed E-state index contributed by atoms with van der Waals surface area (Å²) in [7, 11) is 0. The standard InChI is InChI=1S/C9H7BrF3N3/c10-3-5-1-2-6(14)8-15-7(4-16(5)8)9(11,12)13/h1-2,4H,3,14H2. The first-order chi connectivity index (χ1) is 7.43. The maximum Gasteiger partial charge on any atom is 0.434 e. The van der Waals surface area contributed by atoms with Crippen molar-refractivity contribution in [3.8, 4) is 0 Å². The Kier molecular flexibility index (Phi) is 2.57. The van der Waals surface area contributed by atoms with Gasteiger partial charge >= 0.3 is 6.18 Å². The average Bonchev–Trinajstić information content (AvgIpc) is 2.63. The summed E-state index contributed by atoms with van der Waals surface area (Å²) in [5.74, 6) is 0. The molecule has 0 bridgehead atoms. The van der Waals surface area contributed by atoms with Crippen molar-refractivity contribution >= 4 is 27.3 Å². The van der Waals surface area contributed by atoms with Crippen molar-refractivity contribution in [2.75, 3.05) is 5.73 Å². The zero-order chi connectivity index (χ0) is 11.9. The second-order valence-electron chi connectivity index (χ2n) is 3.23. The molecule has 0 radical (unpaired) electrons. The Morgan fingerprint density at radius 3 is 2.62 bits per heavy atom. The highest BCUT2D eigenvalue weighted by atomic mass is 79.9. The monoisotopic (exact) mass is 293 g/mol. The minimum absolute atomic E-state index is 0.129. The number of fused-ring (bicyclic) bond motifs is 1.